The van der Waals surface area contributed by atoms with Crippen LogP contribution >= 0.6 is 0 Å². The van der Waals surface area contributed by atoms with Gasteiger partial charge in [0.05, 0.1) is 11.1 Å². The number of benzene rings is 10. The van der Waals surface area contributed by atoms with Crippen LogP contribution in [0.3, 0.4) is 0 Å². The van der Waals surface area contributed by atoms with Crippen molar-refractivity contribution in [2.45, 2.75) is 5.41 Å². The number of para-hydroxylation sites is 3. The monoisotopic (exact) mass is 817 g/mol. The molecule has 13 rings (SSSR count). The molecule has 0 saturated carbocycles. The van der Waals surface area contributed by atoms with Gasteiger partial charge in [-0.3, -0.25) is 0 Å². The molecule has 0 saturated heterocycles. The van der Waals surface area contributed by atoms with Crippen LogP contribution in [0, 0.1) is 0 Å². The fraction of sp³-hybridized carbons (Fsp3) is 0.0164. The summed E-state index contributed by atoms with van der Waals surface area (Å²) in [6, 6.07) is 85.3. The summed E-state index contributed by atoms with van der Waals surface area (Å²) < 4.78 is 12.9. The lowest BCUT2D eigenvalue weighted by Crippen LogP contribution is -2.28. The Bertz CT molecular complexity index is 3690. The van der Waals surface area contributed by atoms with E-state index in [9.17, 15) is 0 Å². The molecule has 3 nitrogen and oxygen atoms in total. The van der Waals surface area contributed by atoms with Gasteiger partial charge in [-0.05, 0) is 93.0 Å². The molecule has 0 N–H and O–H groups in total. The third-order valence-corrected chi connectivity index (χ3v) is 13.4. The zero-order valence-corrected chi connectivity index (χ0v) is 34.8. The second-order valence-electron chi connectivity index (χ2n) is 16.7. The first kappa shape index (κ1) is 36.3. The molecule has 0 spiro atoms. The Morgan fingerprint density at radius 3 is 1.72 bits per heavy atom. The van der Waals surface area contributed by atoms with Gasteiger partial charge < -0.3 is 13.7 Å². The van der Waals surface area contributed by atoms with Gasteiger partial charge in [0.15, 0.2) is 0 Å². The first-order chi connectivity index (χ1) is 31.8. The summed E-state index contributed by atoms with van der Waals surface area (Å²) in [5.41, 5.74) is 18.1. The van der Waals surface area contributed by atoms with Gasteiger partial charge in [-0.1, -0.05) is 188 Å². The average Bonchev–Trinajstić information content (AvgIpc) is 4.04. The molecule has 300 valence electrons. The molecular formula is C61H39NO2. The van der Waals surface area contributed by atoms with Crippen molar-refractivity contribution in [3.05, 3.63) is 259 Å². The number of anilines is 3. The maximum absolute atomic E-state index is 6.60. The molecule has 0 fully saturated rings. The smallest absolute Gasteiger partial charge is 0.143 e. The Morgan fingerprint density at radius 2 is 0.922 bits per heavy atom. The number of hydrogen-bond donors (Lipinski definition) is 0. The summed E-state index contributed by atoms with van der Waals surface area (Å²) in [7, 11) is 0. The first-order valence-electron chi connectivity index (χ1n) is 21.9. The Labute approximate surface area is 370 Å². The van der Waals surface area contributed by atoms with Gasteiger partial charge in [0, 0.05) is 44.0 Å². The minimum absolute atomic E-state index is 0.537. The number of furan rings is 2. The summed E-state index contributed by atoms with van der Waals surface area (Å²) in [5.74, 6) is 0. The molecule has 0 atom stereocenters. The SMILES string of the molecule is c1ccc(C2(c3ccccc3)c3ccccc3-c3c(N(c4ccc(-c5cccc6oc7ccccc7c56)cc4)c4cccc(-c5cccc6c5oc5ccccc56)c4)cccc32)cc1. The molecular weight excluding hydrogens is 779 g/mol. The molecule has 1 aliphatic carbocycles. The first-order valence-corrected chi connectivity index (χ1v) is 21.9. The Morgan fingerprint density at radius 1 is 0.344 bits per heavy atom. The fourth-order valence-electron chi connectivity index (χ4n) is 10.7. The number of rotatable bonds is 7. The van der Waals surface area contributed by atoms with Crippen molar-refractivity contribution >= 4 is 60.9 Å². The predicted octanol–water partition coefficient (Wildman–Crippen LogP) is 16.7. The third-order valence-electron chi connectivity index (χ3n) is 13.4. The van der Waals surface area contributed by atoms with E-state index in [-0.39, 0.29) is 0 Å². The van der Waals surface area contributed by atoms with Crippen LogP contribution in [0.25, 0.3) is 77.3 Å². The zero-order chi connectivity index (χ0) is 42.2. The van der Waals surface area contributed by atoms with Crippen molar-refractivity contribution in [1.29, 1.82) is 0 Å². The van der Waals surface area contributed by atoms with Gasteiger partial charge in [-0.2, -0.15) is 0 Å². The van der Waals surface area contributed by atoms with Crippen LogP contribution in [0.2, 0.25) is 0 Å². The quantitative estimate of drug-likeness (QED) is 0.160. The van der Waals surface area contributed by atoms with Gasteiger partial charge in [0.2, 0.25) is 0 Å². The van der Waals surface area contributed by atoms with E-state index in [1.165, 1.54) is 33.4 Å². The van der Waals surface area contributed by atoms with Gasteiger partial charge in [0.1, 0.15) is 22.3 Å². The average molecular weight is 818 g/mol. The highest BCUT2D eigenvalue weighted by Crippen LogP contribution is 2.59. The van der Waals surface area contributed by atoms with E-state index in [1.54, 1.807) is 0 Å². The second-order valence-corrected chi connectivity index (χ2v) is 16.7. The molecule has 0 unspecified atom stereocenters. The highest BCUT2D eigenvalue weighted by Gasteiger charge is 2.47. The normalized spacial score (nSPS) is 12.8. The highest BCUT2D eigenvalue weighted by molar-refractivity contribution is 6.13. The van der Waals surface area contributed by atoms with Crippen LogP contribution in [0.5, 0.6) is 0 Å². The molecule has 2 aromatic heterocycles. The summed E-state index contributed by atoms with van der Waals surface area (Å²) >= 11 is 0. The van der Waals surface area contributed by atoms with E-state index in [1.807, 2.05) is 18.2 Å². The summed E-state index contributed by atoms with van der Waals surface area (Å²) in [6.07, 6.45) is 0. The topological polar surface area (TPSA) is 29.5 Å². The Balaban J connectivity index is 1.05. The minimum atomic E-state index is -0.537. The van der Waals surface area contributed by atoms with E-state index in [0.717, 1.165) is 83.2 Å². The largest absolute Gasteiger partial charge is 0.456 e. The molecule has 64 heavy (non-hydrogen) atoms. The van der Waals surface area contributed by atoms with Crippen LogP contribution in [-0.4, -0.2) is 0 Å². The molecule has 3 heteroatoms. The third kappa shape index (κ3) is 5.34. The van der Waals surface area contributed by atoms with Crippen LogP contribution in [0.15, 0.2) is 245 Å². The highest BCUT2D eigenvalue weighted by atomic mass is 16.3. The predicted molar refractivity (Wildman–Crippen MR) is 264 cm³/mol. The fourth-order valence-corrected chi connectivity index (χ4v) is 10.7. The molecule has 0 bridgehead atoms. The van der Waals surface area contributed by atoms with Crippen molar-refractivity contribution in [3.8, 4) is 33.4 Å². The van der Waals surface area contributed by atoms with Gasteiger partial charge >= 0.3 is 0 Å². The van der Waals surface area contributed by atoms with Crippen molar-refractivity contribution in [1.82, 2.24) is 0 Å². The van der Waals surface area contributed by atoms with E-state index in [4.69, 9.17) is 8.83 Å². The maximum Gasteiger partial charge on any atom is 0.143 e. The molecule has 10 aromatic carbocycles. The molecule has 1 aliphatic rings. The molecule has 0 amide bonds. The van der Waals surface area contributed by atoms with Gasteiger partial charge in [-0.25, -0.2) is 0 Å². The maximum atomic E-state index is 6.60. The molecule has 0 aliphatic heterocycles. The zero-order valence-electron chi connectivity index (χ0n) is 34.8. The molecule has 0 radical (unpaired) electrons. The van der Waals surface area contributed by atoms with Crippen molar-refractivity contribution < 1.29 is 8.83 Å². The van der Waals surface area contributed by atoms with Gasteiger partial charge in [-0.15, -0.1) is 0 Å². The number of hydrogen-bond acceptors (Lipinski definition) is 3. The molecule has 2 heterocycles. The second kappa shape index (κ2) is 14.3. The lowest BCUT2D eigenvalue weighted by Gasteiger charge is -2.34. The van der Waals surface area contributed by atoms with Crippen LogP contribution < -0.4 is 4.90 Å². The summed E-state index contributed by atoms with van der Waals surface area (Å²) in [6.45, 7) is 0. The van der Waals surface area contributed by atoms with Gasteiger partial charge in [0.25, 0.3) is 0 Å². The molecule has 12 aromatic rings. The van der Waals surface area contributed by atoms with E-state index in [2.05, 4.69) is 223 Å². The summed E-state index contributed by atoms with van der Waals surface area (Å²) in [5, 5.41) is 4.48. The lowest BCUT2D eigenvalue weighted by molar-refractivity contribution is 0.669. The lowest BCUT2D eigenvalue weighted by atomic mass is 9.68. The summed E-state index contributed by atoms with van der Waals surface area (Å²) in [4.78, 5) is 2.45. The Kier molecular flexibility index (Phi) is 8.13. The van der Waals surface area contributed by atoms with Crippen LogP contribution in [0.1, 0.15) is 22.3 Å². The number of fused-ring (bicyclic) bond motifs is 9. The van der Waals surface area contributed by atoms with Crippen molar-refractivity contribution in [3.63, 3.8) is 0 Å². The van der Waals surface area contributed by atoms with Crippen molar-refractivity contribution in [2.24, 2.45) is 0 Å². The van der Waals surface area contributed by atoms with E-state index < -0.39 is 5.41 Å². The standard InChI is InChI=1S/C61H39NO2/c1-3-18-42(19-4-1)61(43-20-5-2-6-21-43)52-29-10-7-24-50(52)59-53(61)30-16-31-54(59)62(44-37-35-40(36-38-44)46-26-15-34-57-58(46)51-25-9-12-33-56(51)63-57)45-22-13-17-41(39-45)47-27-14-28-49-48-23-8-11-32-55(48)64-60(47)49/h1-39H. The minimum Gasteiger partial charge on any atom is -0.456 e. The van der Waals surface area contributed by atoms with E-state index in [0.29, 0.717) is 0 Å². The van der Waals surface area contributed by atoms with Crippen LogP contribution in [0.4, 0.5) is 17.1 Å². The van der Waals surface area contributed by atoms with E-state index >= 15 is 0 Å². The Hall–Kier alpha value is -8.40. The number of nitrogens with zero attached hydrogens (tertiary/aromatic N) is 1. The van der Waals surface area contributed by atoms with Crippen LogP contribution in [-0.2, 0) is 5.41 Å². The van der Waals surface area contributed by atoms with Crippen molar-refractivity contribution in [2.75, 3.05) is 4.90 Å².